The maximum Gasteiger partial charge on any atom is 0.0403 e. The van der Waals surface area contributed by atoms with Gasteiger partial charge in [-0.2, -0.15) is 0 Å². The molecule has 0 aromatic heterocycles. The molecule has 2 nitrogen and oxygen atoms in total. The molecule has 0 aliphatic rings. The average Bonchev–Trinajstić information content (AvgIpc) is 2.22. The van der Waals surface area contributed by atoms with Crippen molar-refractivity contribution in [1.29, 1.82) is 0 Å². The van der Waals surface area contributed by atoms with Gasteiger partial charge in [0.05, 0.1) is 0 Å². The summed E-state index contributed by atoms with van der Waals surface area (Å²) >= 11 is 0. The van der Waals surface area contributed by atoms with Crippen LogP contribution in [0.4, 0.5) is 0 Å². The maximum absolute atomic E-state index is 3.85. The minimum Gasteiger partial charge on any atom is -0.394 e. The van der Waals surface area contributed by atoms with Crippen molar-refractivity contribution in [3.05, 3.63) is 61.1 Å². The Balaban J connectivity index is 4.10. The van der Waals surface area contributed by atoms with Crippen molar-refractivity contribution in [3.8, 4) is 0 Å². The highest BCUT2D eigenvalue weighted by atomic mass is 14.8. The Hall–Kier alpha value is -1.70. The molecule has 0 aliphatic carbocycles. The minimum atomic E-state index is 0.884. The van der Waals surface area contributed by atoms with E-state index in [1.54, 1.807) is 6.08 Å². The van der Waals surface area contributed by atoms with Gasteiger partial charge in [0, 0.05) is 18.9 Å². The lowest BCUT2D eigenvalue weighted by molar-refractivity contribution is 1.08. The van der Waals surface area contributed by atoms with E-state index in [0.29, 0.717) is 0 Å². The first-order valence-electron chi connectivity index (χ1n) is 4.49. The SMILES string of the molecule is C=CC(=C)/C(=C\C)N/C=C/C=C/NC. The Morgan fingerprint density at radius 2 is 1.86 bits per heavy atom. The zero-order chi connectivity index (χ0) is 10.8. The monoisotopic (exact) mass is 190 g/mol. The average molecular weight is 190 g/mol. The summed E-state index contributed by atoms with van der Waals surface area (Å²) in [5.74, 6) is 0. The molecule has 0 aromatic carbocycles. The van der Waals surface area contributed by atoms with E-state index in [2.05, 4.69) is 23.8 Å². The summed E-state index contributed by atoms with van der Waals surface area (Å²) in [6.07, 6.45) is 11.2. The van der Waals surface area contributed by atoms with E-state index >= 15 is 0 Å². The van der Waals surface area contributed by atoms with Gasteiger partial charge in [0.2, 0.25) is 0 Å². The van der Waals surface area contributed by atoms with Crippen molar-refractivity contribution in [1.82, 2.24) is 10.6 Å². The molecular formula is C12H18N2. The van der Waals surface area contributed by atoms with Crippen LogP contribution in [0.15, 0.2) is 61.1 Å². The minimum absolute atomic E-state index is 0.884. The standard InChI is InChI=1S/C12H18N2/c1-5-11(3)12(6-2)14-10-8-7-9-13-4/h5-10,13-14H,1,3H2,2,4H3/b9-7+,10-8+,12-6+. The zero-order valence-corrected chi connectivity index (χ0v) is 8.88. The largest absolute Gasteiger partial charge is 0.394 e. The highest BCUT2D eigenvalue weighted by molar-refractivity contribution is 5.35. The quantitative estimate of drug-likeness (QED) is 0.629. The fourth-order valence-corrected chi connectivity index (χ4v) is 0.817. The summed E-state index contributed by atoms with van der Waals surface area (Å²) in [7, 11) is 1.86. The molecule has 2 heteroatoms. The van der Waals surface area contributed by atoms with Crippen LogP contribution in [-0.2, 0) is 0 Å². The van der Waals surface area contributed by atoms with E-state index < -0.39 is 0 Å². The van der Waals surface area contributed by atoms with Crippen molar-refractivity contribution in [2.75, 3.05) is 7.05 Å². The third-order valence-electron chi connectivity index (χ3n) is 1.59. The summed E-state index contributed by atoms with van der Waals surface area (Å²) in [6.45, 7) is 9.46. The van der Waals surface area contributed by atoms with Crippen molar-refractivity contribution >= 4 is 0 Å². The van der Waals surface area contributed by atoms with E-state index in [4.69, 9.17) is 0 Å². The van der Waals surface area contributed by atoms with Crippen LogP contribution in [-0.4, -0.2) is 7.05 Å². The molecule has 0 spiro atoms. The molecule has 0 radical (unpaired) electrons. The first-order valence-corrected chi connectivity index (χ1v) is 4.49. The highest BCUT2D eigenvalue weighted by Gasteiger charge is 1.92. The summed E-state index contributed by atoms with van der Waals surface area (Å²) in [5.41, 5.74) is 1.85. The molecule has 0 fully saturated rings. The Kier molecular flexibility index (Phi) is 6.96. The van der Waals surface area contributed by atoms with E-state index in [9.17, 15) is 0 Å². The third-order valence-corrected chi connectivity index (χ3v) is 1.59. The second-order valence-corrected chi connectivity index (χ2v) is 2.58. The zero-order valence-electron chi connectivity index (χ0n) is 8.88. The molecule has 0 rings (SSSR count). The molecule has 0 bridgehead atoms. The summed E-state index contributed by atoms with van der Waals surface area (Å²) in [5, 5.41) is 6.01. The fraction of sp³-hybridized carbons (Fsp3) is 0.167. The molecule has 0 heterocycles. The molecule has 0 aliphatic heterocycles. The van der Waals surface area contributed by atoms with Crippen LogP contribution in [0.1, 0.15) is 6.92 Å². The topological polar surface area (TPSA) is 24.1 Å². The molecule has 0 aromatic rings. The molecule has 76 valence electrons. The van der Waals surface area contributed by atoms with Gasteiger partial charge in [-0.05, 0) is 30.8 Å². The van der Waals surface area contributed by atoms with E-state index in [1.807, 2.05) is 44.6 Å². The molecule has 0 atom stereocenters. The molecule has 0 amide bonds. The van der Waals surface area contributed by atoms with Crippen LogP contribution in [0.2, 0.25) is 0 Å². The van der Waals surface area contributed by atoms with E-state index in [-0.39, 0.29) is 0 Å². The van der Waals surface area contributed by atoms with Crippen molar-refractivity contribution in [3.63, 3.8) is 0 Å². The van der Waals surface area contributed by atoms with E-state index in [0.717, 1.165) is 11.3 Å². The molecule has 0 unspecified atom stereocenters. The van der Waals surface area contributed by atoms with Crippen molar-refractivity contribution < 1.29 is 0 Å². The molecule has 2 N–H and O–H groups in total. The van der Waals surface area contributed by atoms with Crippen LogP contribution in [0.3, 0.4) is 0 Å². The third kappa shape index (κ3) is 5.04. The first-order chi connectivity index (χ1) is 6.76. The van der Waals surface area contributed by atoms with Gasteiger partial charge >= 0.3 is 0 Å². The molecule has 0 saturated carbocycles. The van der Waals surface area contributed by atoms with Gasteiger partial charge in [-0.3, -0.25) is 0 Å². The first kappa shape index (κ1) is 12.3. The van der Waals surface area contributed by atoms with Crippen molar-refractivity contribution in [2.24, 2.45) is 0 Å². The second-order valence-electron chi connectivity index (χ2n) is 2.58. The lowest BCUT2D eigenvalue weighted by atomic mass is 10.2. The van der Waals surface area contributed by atoms with Crippen LogP contribution >= 0.6 is 0 Å². The summed E-state index contributed by atoms with van der Waals surface area (Å²) < 4.78 is 0. The van der Waals surface area contributed by atoms with Gasteiger partial charge in [0.25, 0.3) is 0 Å². The smallest absolute Gasteiger partial charge is 0.0403 e. The highest BCUT2D eigenvalue weighted by Crippen LogP contribution is 2.03. The van der Waals surface area contributed by atoms with Crippen LogP contribution in [0, 0.1) is 0 Å². The second kappa shape index (κ2) is 7.92. The lowest BCUT2D eigenvalue weighted by Crippen LogP contribution is -2.05. The van der Waals surface area contributed by atoms with Crippen molar-refractivity contribution in [2.45, 2.75) is 6.92 Å². The van der Waals surface area contributed by atoms with Crippen LogP contribution in [0.25, 0.3) is 0 Å². The Bertz CT molecular complexity index is 270. The predicted octanol–water partition coefficient (Wildman–Crippen LogP) is 2.47. The molecule has 0 saturated heterocycles. The Morgan fingerprint density at radius 3 is 2.36 bits per heavy atom. The lowest BCUT2D eigenvalue weighted by Gasteiger charge is -2.05. The van der Waals surface area contributed by atoms with Gasteiger partial charge in [-0.25, -0.2) is 0 Å². The Morgan fingerprint density at radius 1 is 1.21 bits per heavy atom. The number of hydrogen-bond acceptors (Lipinski definition) is 2. The number of nitrogens with one attached hydrogen (secondary N) is 2. The van der Waals surface area contributed by atoms with E-state index in [1.165, 1.54) is 0 Å². The summed E-state index contributed by atoms with van der Waals surface area (Å²) in [6, 6.07) is 0. The fourth-order valence-electron chi connectivity index (χ4n) is 0.817. The number of allylic oxidation sites excluding steroid dienone is 4. The van der Waals surface area contributed by atoms with Gasteiger partial charge in [0.1, 0.15) is 0 Å². The number of rotatable bonds is 6. The van der Waals surface area contributed by atoms with Gasteiger partial charge < -0.3 is 10.6 Å². The van der Waals surface area contributed by atoms with Gasteiger partial charge in [-0.15, -0.1) is 0 Å². The maximum atomic E-state index is 3.85. The van der Waals surface area contributed by atoms with Crippen LogP contribution in [0.5, 0.6) is 0 Å². The Labute approximate surface area is 86.4 Å². The van der Waals surface area contributed by atoms with Crippen LogP contribution < -0.4 is 10.6 Å². The normalized spacial score (nSPS) is 12.0. The summed E-state index contributed by atoms with van der Waals surface area (Å²) in [4.78, 5) is 0. The predicted molar refractivity (Wildman–Crippen MR) is 63.6 cm³/mol. The van der Waals surface area contributed by atoms with Gasteiger partial charge in [0.15, 0.2) is 0 Å². The number of hydrogen-bond donors (Lipinski definition) is 2. The van der Waals surface area contributed by atoms with Gasteiger partial charge in [-0.1, -0.05) is 25.3 Å². The molecular weight excluding hydrogens is 172 g/mol. The molecule has 14 heavy (non-hydrogen) atoms.